The molecule has 1 atom stereocenters. The lowest BCUT2D eigenvalue weighted by Crippen LogP contribution is -2.45. The molecule has 4 heterocycles. The standard InChI is InChI=1S/C22H23N5O4/c1-26-19-16(5-2-8-23-19)25-20(22(26)29)27-9-3-4-15(12-27)21(28)24-11-14-6-7-17-18(10-14)31-13-30-17/h2,5-8,10,15H,3-4,9,11-13H2,1H3,(H,24,28). The number of ether oxygens (including phenoxy) is 2. The van der Waals surface area contributed by atoms with Gasteiger partial charge in [0.2, 0.25) is 12.7 Å². The van der Waals surface area contributed by atoms with Crippen molar-refractivity contribution in [1.82, 2.24) is 19.9 Å². The highest BCUT2D eigenvalue weighted by Gasteiger charge is 2.28. The largest absolute Gasteiger partial charge is 0.454 e. The molecule has 2 aliphatic rings. The van der Waals surface area contributed by atoms with Crippen molar-refractivity contribution in [1.29, 1.82) is 0 Å². The monoisotopic (exact) mass is 421 g/mol. The van der Waals surface area contributed by atoms with Crippen molar-refractivity contribution in [3.8, 4) is 11.5 Å². The van der Waals surface area contributed by atoms with E-state index in [-0.39, 0.29) is 24.2 Å². The van der Waals surface area contributed by atoms with Crippen LogP contribution in [0, 0.1) is 5.92 Å². The van der Waals surface area contributed by atoms with Crippen molar-refractivity contribution >= 4 is 22.9 Å². The maximum absolute atomic E-state index is 12.9. The summed E-state index contributed by atoms with van der Waals surface area (Å²) in [4.78, 5) is 36.4. The number of nitrogens with zero attached hydrogens (tertiary/aromatic N) is 4. The Kier molecular flexibility index (Phi) is 4.93. The summed E-state index contributed by atoms with van der Waals surface area (Å²) in [7, 11) is 1.70. The van der Waals surface area contributed by atoms with Gasteiger partial charge in [-0.05, 0) is 42.7 Å². The molecular weight excluding hydrogens is 398 g/mol. The Hall–Kier alpha value is -3.62. The highest BCUT2D eigenvalue weighted by Crippen LogP contribution is 2.32. The van der Waals surface area contributed by atoms with Crippen LogP contribution in [0.4, 0.5) is 5.82 Å². The number of anilines is 1. The molecule has 1 unspecified atom stereocenters. The van der Waals surface area contributed by atoms with Gasteiger partial charge in [-0.25, -0.2) is 9.97 Å². The van der Waals surface area contributed by atoms with E-state index in [1.165, 1.54) is 4.57 Å². The molecule has 2 aromatic heterocycles. The average Bonchev–Trinajstić information content (AvgIpc) is 3.28. The third-order valence-electron chi connectivity index (χ3n) is 5.80. The number of nitrogens with one attached hydrogen (secondary N) is 1. The van der Waals surface area contributed by atoms with E-state index in [4.69, 9.17) is 9.47 Å². The number of pyridine rings is 1. The van der Waals surface area contributed by atoms with E-state index in [1.54, 1.807) is 19.3 Å². The van der Waals surface area contributed by atoms with Crippen LogP contribution in [-0.2, 0) is 18.4 Å². The van der Waals surface area contributed by atoms with Crippen LogP contribution < -0.4 is 25.2 Å². The number of rotatable bonds is 4. The lowest BCUT2D eigenvalue weighted by molar-refractivity contribution is -0.125. The summed E-state index contributed by atoms with van der Waals surface area (Å²) in [6, 6.07) is 9.28. The lowest BCUT2D eigenvalue weighted by Gasteiger charge is -2.32. The first-order chi connectivity index (χ1) is 15.1. The van der Waals surface area contributed by atoms with Crippen LogP contribution >= 0.6 is 0 Å². The molecule has 0 bridgehead atoms. The van der Waals surface area contributed by atoms with Crippen molar-refractivity contribution in [2.45, 2.75) is 19.4 Å². The van der Waals surface area contributed by atoms with E-state index < -0.39 is 0 Å². The van der Waals surface area contributed by atoms with E-state index in [2.05, 4.69) is 15.3 Å². The predicted molar refractivity (Wildman–Crippen MR) is 114 cm³/mol. The summed E-state index contributed by atoms with van der Waals surface area (Å²) in [6.07, 6.45) is 3.24. The number of hydrogen-bond donors (Lipinski definition) is 1. The summed E-state index contributed by atoms with van der Waals surface area (Å²) in [5.41, 5.74) is 1.95. The zero-order valence-electron chi connectivity index (χ0n) is 17.2. The highest BCUT2D eigenvalue weighted by atomic mass is 16.7. The molecule has 9 nitrogen and oxygen atoms in total. The molecule has 0 saturated carbocycles. The molecule has 2 aliphatic heterocycles. The zero-order chi connectivity index (χ0) is 21.4. The molecule has 160 valence electrons. The van der Waals surface area contributed by atoms with Gasteiger partial charge in [0.1, 0.15) is 5.52 Å². The molecule has 0 spiro atoms. The minimum atomic E-state index is -0.209. The smallest absolute Gasteiger partial charge is 0.294 e. The number of aromatic nitrogens is 3. The number of carbonyl (C=O) groups is 1. The topological polar surface area (TPSA) is 98.6 Å². The molecule has 31 heavy (non-hydrogen) atoms. The number of fused-ring (bicyclic) bond motifs is 2. The first kappa shape index (κ1) is 19.3. The maximum Gasteiger partial charge on any atom is 0.294 e. The number of hydrogen-bond acceptors (Lipinski definition) is 7. The Balaban J connectivity index is 1.29. The molecule has 1 fully saturated rings. The van der Waals surface area contributed by atoms with Crippen molar-refractivity contribution in [2.75, 3.05) is 24.8 Å². The minimum Gasteiger partial charge on any atom is -0.454 e. The van der Waals surface area contributed by atoms with E-state index in [1.807, 2.05) is 29.2 Å². The van der Waals surface area contributed by atoms with Crippen LogP contribution in [-0.4, -0.2) is 40.3 Å². The Bertz CT molecular complexity index is 1210. The Labute approximate surface area is 178 Å². The molecule has 0 aliphatic carbocycles. The predicted octanol–water partition coefficient (Wildman–Crippen LogP) is 1.59. The number of amides is 1. The van der Waals surface area contributed by atoms with Crippen molar-refractivity contribution in [3.63, 3.8) is 0 Å². The molecule has 9 heteroatoms. The third-order valence-corrected chi connectivity index (χ3v) is 5.80. The molecule has 1 saturated heterocycles. The first-order valence-electron chi connectivity index (χ1n) is 10.3. The number of aryl methyl sites for hydroxylation is 1. The molecule has 0 radical (unpaired) electrons. The van der Waals surface area contributed by atoms with E-state index >= 15 is 0 Å². The molecule has 1 N–H and O–H groups in total. The van der Waals surface area contributed by atoms with Crippen molar-refractivity contribution in [3.05, 3.63) is 52.4 Å². The van der Waals surface area contributed by atoms with Crippen LogP contribution in [0.2, 0.25) is 0 Å². The van der Waals surface area contributed by atoms with Gasteiger partial charge in [-0.3, -0.25) is 14.2 Å². The van der Waals surface area contributed by atoms with Gasteiger partial charge in [-0.15, -0.1) is 0 Å². The normalized spacial score (nSPS) is 17.7. The van der Waals surface area contributed by atoms with Crippen LogP contribution in [0.25, 0.3) is 11.2 Å². The summed E-state index contributed by atoms with van der Waals surface area (Å²) in [5, 5.41) is 3.01. The lowest BCUT2D eigenvalue weighted by atomic mass is 9.97. The van der Waals surface area contributed by atoms with E-state index in [9.17, 15) is 9.59 Å². The fourth-order valence-electron chi connectivity index (χ4n) is 4.12. The van der Waals surface area contributed by atoms with Crippen molar-refractivity contribution in [2.24, 2.45) is 13.0 Å². The fourth-order valence-corrected chi connectivity index (χ4v) is 4.12. The summed E-state index contributed by atoms with van der Waals surface area (Å²) >= 11 is 0. The van der Waals surface area contributed by atoms with E-state index in [0.717, 1.165) is 24.2 Å². The molecule has 1 amide bonds. The quantitative estimate of drug-likeness (QED) is 0.683. The summed E-state index contributed by atoms with van der Waals surface area (Å²) in [6.45, 7) is 1.79. The van der Waals surface area contributed by atoms with Crippen LogP contribution in [0.5, 0.6) is 11.5 Å². The second kappa shape index (κ2) is 7.90. The minimum absolute atomic E-state index is 0.0263. The van der Waals surface area contributed by atoms with Gasteiger partial charge in [-0.2, -0.15) is 0 Å². The third kappa shape index (κ3) is 3.67. The van der Waals surface area contributed by atoms with Gasteiger partial charge in [0.15, 0.2) is 23.0 Å². The molecule has 1 aromatic carbocycles. The first-order valence-corrected chi connectivity index (χ1v) is 10.3. The van der Waals surface area contributed by atoms with Gasteiger partial charge >= 0.3 is 0 Å². The molecular formula is C22H23N5O4. The van der Waals surface area contributed by atoms with Crippen LogP contribution in [0.15, 0.2) is 41.3 Å². The summed E-state index contributed by atoms with van der Waals surface area (Å²) < 4.78 is 12.2. The van der Waals surface area contributed by atoms with E-state index in [0.29, 0.717) is 42.4 Å². The van der Waals surface area contributed by atoms with Gasteiger partial charge in [0, 0.05) is 32.9 Å². The zero-order valence-corrected chi connectivity index (χ0v) is 17.2. The Morgan fingerprint density at radius 2 is 2.13 bits per heavy atom. The Morgan fingerprint density at radius 1 is 1.26 bits per heavy atom. The number of benzene rings is 1. The Morgan fingerprint density at radius 3 is 3.03 bits per heavy atom. The van der Waals surface area contributed by atoms with Gasteiger partial charge in [0.25, 0.3) is 5.56 Å². The van der Waals surface area contributed by atoms with Crippen molar-refractivity contribution < 1.29 is 14.3 Å². The second-order valence-corrected chi connectivity index (χ2v) is 7.84. The molecule has 3 aromatic rings. The average molecular weight is 421 g/mol. The second-order valence-electron chi connectivity index (χ2n) is 7.84. The fraction of sp³-hybridized carbons (Fsp3) is 0.364. The maximum atomic E-state index is 12.9. The van der Waals surface area contributed by atoms with Gasteiger partial charge in [0.05, 0.1) is 5.92 Å². The highest BCUT2D eigenvalue weighted by molar-refractivity contribution is 5.79. The summed E-state index contributed by atoms with van der Waals surface area (Å²) in [5.74, 6) is 1.55. The van der Waals surface area contributed by atoms with Crippen LogP contribution in [0.3, 0.4) is 0 Å². The SMILES string of the molecule is Cn1c(=O)c(N2CCCC(C(=O)NCc3ccc4c(c3)OCO4)C2)nc2cccnc21. The van der Waals surface area contributed by atoms with Gasteiger partial charge < -0.3 is 19.7 Å². The number of piperidine rings is 1. The van der Waals surface area contributed by atoms with Gasteiger partial charge in [-0.1, -0.05) is 6.07 Å². The number of carbonyl (C=O) groups excluding carboxylic acids is 1. The van der Waals surface area contributed by atoms with Crippen LogP contribution in [0.1, 0.15) is 18.4 Å². The molecule has 5 rings (SSSR count).